The molecule has 0 saturated carbocycles. The van der Waals surface area contributed by atoms with Crippen molar-refractivity contribution < 1.29 is 28.4 Å². The second-order valence-electron chi connectivity index (χ2n) is 21.0. The Morgan fingerprint density at radius 1 is 0.865 bits per heavy atom. The smallest absolute Gasteiger partial charge is 0.350 e. The zero-order valence-electron chi connectivity index (χ0n) is 42.5. The maximum absolute atomic E-state index is 17.3. The molecule has 0 radical (unpaired) electrons. The average molecular weight is 1000 g/mol. The first-order chi connectivity index (χ1) is 35.3. The van der Waals surface area contributed by atoms with Gasteiger partial charge in [-0.2, -0.15) is 10.2 Å². The van der Waals surface area contributed by atoms with E-state index in [-0.39, 0.29) is 63.3 Å². The van der Waals surface area contributed by atoms with E-state index in [0.717, 1.165) is 61.3 Å². The fourth-order valence-corrected chi connectivity index (χ4v) is 11.4. The van der Waals surface area contributed by atoms with E-state index in [0.29, 0.717) is 28.8 Å². The number of rotatable bonds is 11. The average Bonchev–Trinajstić information content (AvgIpc) is 3.93. The van der Waals surface area contributed by atoms with Crippen molar-refractivity contribution in [3.05, 3.63) is 142 Å². The van der Waals surface area contributed by atoms with Gasteiger partial charge in [-0.1, -0.05) is 56.3 Å². The van der Waals surface area contributed by atoms with Crippen LogP contribution in [0, 0.1) is 11.2 Å². The fraction of sp³-hybridized carbons (Fsp3) is 0.339. The highest BCUT2D eigenvalue weighted by molar-refractivity contribution is 6.14. The number of aryl methyl sites for hydroxylation is 2. The van der Waals surface area contributed by atoms with Crippen molar-refractivity contribution in [2.45, 2.75) is 77.2 Å². The Morgan fingerprint density at radius 3 is 2.36 bits per heavy atom. The van der Waals surface area contributed by atoms with Crippen LogP contribution in [0.4, 0.5) is 15.8 Å². The number of halogens is 1. The van der Waals surface area contributed by atoms with Crippen LogP contribution in [0.3, 0.4) is 0 Å². The molecule has 2 atom stereocenters. The number of likely N-dealkylation sites (tertiary alicyclic amines) is 1. The quantitative estimate of drug-likeness (QED) is 0.116. The third-order valence-electron chi connectivity index (χ3n) is 15.0. The molecule has 380 valence electrons. The summed E-state index contributed by atoms with van der Waals surface area (Å²) in [5.74, 6) is -2.41. The maximum Gasteiger partial charge on any atom is 0.350 e. The Kier molecular flexibility index (Phi) is 12.7. The number of anilines is 2. The summed E-state index contributed by atoms with van der Waals surface area (Å²) < 4.78 is 21.5. The number of amides is 5. The number of piperidine rings is 1. The number of hydrogen-bond acceptors (Lipinski definition) is 10. The van der Waals surface area contributed by atoms with Gasteiger partial charge in [-0.05, 0) is 133 Å². The van der Waals surface area contributed by atoms with E-state index in [2.05, 4.69) is 68.1 Å². The van der Waals surface area contributed by atoms with Crippen LogP contribution in [0.5, 0.6) is 0 Å². The molecule has 10 rings (SSSR count). The van der Waals surface area contributed by atoms with Gasteiger partial charge >= 0.3 is 5.69 Å². The third-order valence-corrected chi connectivity index (χ3v) is 15.0. The van der Waals surface area contributed by atoms with Crippen LogP contribution < -0.4 is 26.5 Å². The molecule has 2 unspecified atom stereocenters. The summed E-state index contributed by atoms with van der Waals surface area (Å²) in [5, 5.41) is 16.3. The van der Waals surface area contributed by atoms with Gasteiger partial charge in [0.05, 0.1) is 22.0 Å². The Balaban J connectivity index is 0.922. The molecular formula is C56H58FN11O6. The molecule has 3 aliphatic rings. The molecule has 17 nitrogen and oxygen atoms in total. The van der Waals surface area contributed by atoms with Crippen LogP contribution in [-0.2, 0) is 40.3 Å². The lowest BCUT2D eigenvalue weighted by atomic mass is 9.79. The maximum atomic E-state index is 17.3. The van der Waals surface area contributed by atoms with Gasteiger partial charge in [0.2, 0.25) is 17.7 Å². The summed E-state index contributed by atoms with van der Waals surface area (Å²) >= 11 is 0. The lowest BCUT2D eigenvalue weighted by Crippen LogP contribution is -2.55. The zero-order valence-corrected chi connectivity index (χ0v) is 42.5. The van der Waals surface area contributed by atoms with Gasteiger partial charge in [-0.3, -0.25) is 43.9 Å². The Bertz CT molecular complexity index is 3500. The minimum atomic E-state index is -0.839. The number of carbonyl (C=O) groups is 5. The van der Waals surface area contributed by atoms with Crippen LogP contribution in [0.2, 0.25) is 0 Å². The monoisotopic (exact) mass is 999 g/mol. The van der Waals surface area contributed by atoms with Gasteiger partial charge in [0.1, 0.15) is 23.9 Å². The molecule has 0 spiro atoms. The number of nitrogens with zero attached hydrogens (tertiary/aromatic N) is 8. The predicted molar refractivity (Wildman–Crippen MR) is 279 cm³/mol. The molecule has 2 fully saturated rings. The molecule has 74 heavy (non-hydrogen) atoms. The van der Waals surface area contributed by atoms with Crippen LogP contribution in [0.25, 0.3) is 38.8 Å². The van der Waals surface area contributed by atoms with Crippen molar-refractivity contribution in [2.75, 3.05) is 36.9 Å². The van der Waals surface area contributed by atoms with Crippen LogP contribution in [0.1, 0.15) is 97.0 Å². The Morgan fingerprint density at radius 2 is 1.64 bits per heavy atom. The lowest BCUT2D eigenvalue weighted by molar-refractivity contribution is -0.136. The van der Waals surface area contributed by atoms with Gasteiger partial charge in [-0.15, -0.1) is 0 Å². The van der Waals surface area contributed by atoms with E-state index in [1.54, 1.807) is 43.3 Å². The van der Waals surface area contributed by atoms with Gasteiger partial charge in [0, 0.05) is 63.8 Å². The molecule has 6 heterocycles. The lowest BCUT2D eigenvalue weighted by Gasteiger charge is -2.31. The molecule has 3 aromatic heterocycles. The minimum Gasteiger partial charge on any atom is -0.354 e. The summed E-state index contributed by atoms with van der Waals surface area (Å²) in [6.45, 7) is 11.0. The summed E-state index contributed by atoms with van der Waals surface area (Å²) in [5.41, 5.74) is 6.09. The number of benzene rings is 4. The van der Waals surface area contributed by atoms with E-state index in [1.807, 2.05) is 44.2 Å². The van der Waals surface area contributed by atoms with Crippen molar-refractivity contribution in [3.8, 4) is 27.9 Å². The Labute approximate surface area is 426 Å². The first-order valence-corrected chi connectivity index (χ1v) is 24.9. The van der Waals surface area contributed by atoms with Crippen LogP contribution in [-0.4, -0.2) is 96.3 Å². The summed E-state index contributed by atoms with van der Waals surface area (Å²) in [7, 11) is 4.68. The topological polar surface area (TPSA) is 198 Å². The van der Waals surface area contributed by atoms with E-state index in [1.165, 1.54) is 51.2 Å². The van der Waals surface area contributed by atoms with Crippen molar-refractivity contribution >= 4 is 51.8 Å². The van der Waals surface area contributed by atoms with Crippen molar-refractivity contribution in [2.24, 2.45) is 19.5 Å². The van der Waals surface area contributed by atoms with Gasteiger partial charge in [0.15, 0.2) is 5.69 Å². The Hall–Kier alpha value is -8.12. The highest BCUT2D eigenvalue weighted by Gasteiger charge is 2.50. The third kappa shape index (κ3) is 8.96. The summed E-state index contributed by atoms with van der Waals surface area (Å²) in [6, 6.07) is 25.3. The van der Waals surface area contributed by atoms with E-state index in [4.69, 9.17) is 0 Å². The molecule has 7 aromatic rings. The number of hydrogen-bond donors (Lipinski definition) is 3. The highest BCUT2D eigenvalue weighted by atomic mass is 19.1. The second-order valence-corrected chi connectivity index (χ2v) is 21.0. The van der Waals surface area contributed by atoms with Crippen LogP contribution >= 0.6 is 0 Å². The SMILES string of the molecule is CNC(=O)c1cc(NC(=O)c2nn(C)c3ccc(-c4ccc(-n5cnn(C)c5=O)cc4-c4ccc(C5CCN(CCc6cccc7c6C(C)(C)C(=O)N7C6CCC(=O)NC6=O)CC(C)(C)C5)cc4)c(F)c23)ccn1. The number of carbonyl (C=O) groups excluding carboxylic acids is 5. The summed E-state index contributed by atoms with van der Waals surface area (Å²) in [4.78, 5) is 86.4. The van der Waals surface area contributed by atoms with Crippen molar-refractivity contribution in [1.82, 2.24) is 44.6 Å². The molecule has 5 amide bonds. The molecule has 3 aliphatic heterocycles. The number of imide groups is 1. The first kappa shape index (κ1) is 49.5. The zero-order chi connectivity index (χ0) is 52.4. The molecule has 4 aromatic carbocycles. The van der Waals surface area contributed by atoms with Gasteiger partial charge in [0.25, 0.3) is 11.8 Å². The molecule has 0 aliphatic carbocycles. The molecule has 2 saturated heterocycles. The minimum absolute atomic E-state index is 0.0185. The van der Waals surface area contributed by atoms with Gasteiger partial charge < -0.3 is 15.5 Å². The van der Waals surface area contributed by atoms with E-state index < -0.39 is 35.0 Å². The number of fused-ring (bicyclic) bond motifs is 2. The largest absolute Gasteiger partial charge is 0.354 e. The second kappa shape index (κ2) is 19.1. The number of pyridine rings is 1. The molecule has 18 heteroatoms. The molecule has 3 N–H and O–H groups in total. The highest BCUT2D eigenvalue weighted by Crippen LogP contribution is 2.46. The molecular weight excluding hydrogens is 942 g/mol. The van der Waals surface area contributed by atoms with E-state index in [9.17, 15) is 28.8 Å². The first-order valence-electron chi connectivity index (χ1n) is 24.9. The molecule has 0 bridgehead atoms. The van der Waals surface area contributed by atoms with Crippen molar-refractivity contribution in [3.63, 3.8) is 0 Å². The normalized spacial score (nSPS) is 18.5. The summed E-state index contributed by atoms with van der Waals surface area (Å²) in [6.07, 6.45) is 5.90. The number of aromatic nitrogens is 6. The number of nitrogens with one attached hydrogen (secondary N) is 3. The fourth-order valence-electron chi connectivity index (χ4n) is 11.4. The van der Waals surface area contributed by atoms with E-state index >= 15 is 4.39 Å². The van der Waals surface area contributed by atoms with Gasteiger partial charge in [-0.25, -0.2) is 18.4 Å². The van der Waals surface area contributed by atoms with Crippen molar-refractivity contribution in [1.29, 1.82) is 0 Å². The predicted octanol–water partition coefficient (Wildman–Crippen LogP) is 6.82. The standard InChI is InChI=1S/C56H58FN11O6/c1-55(2)29-35(23-26-66(30-55)25-22-34-9-8-10-43-47(34)56(3,4)53(73)68(43)44-19-20-45(69)62-51(44)71)32-11-13-33(14-12-32)40-28-37(67-31-60-65(7)54(67)74)15-16-38(40)39-17-18-42-46(48(39)57)49(63-64(42)6)52(72)61-36-21-24-59-41(27-36)50(70)58-5/h8-18,21,24,27-28,31,35,44H,19-20,22-23,25-26,29-30H2,1-7H3,(H,58,70)(H,59,61,72)(H,62,69,71). The van der Waals surface area contributed by atoms with Crippen LogP contribution in [0.15, 0.2) is 102 Å².